The molecule has 1 aromatic carbocycles. The normalized spacial score (nSPS) is 21.0. The molecule has 7 nitrogen and oxygen atoms in total. The molecule has 24 heavy (non-hydrogen) atoms. The molecule has 2 rings (SSSR count). The van der Waals surface area contributed by atoms with E-state index in [1.165, 1.54) is 18.4 Å². The average Bonchev–Trinajstić information content (AvgIpc) is 2.94. The van der Waals surface area contributed by atoms with Gasteiger partial charge in [0, 0.05) is 20.0 Å². The summed E-state index contributed by atoms with van der Waals surface area (Å²) in [5.41, 5.74) is 0. The molecular weight excluding hydrogens is 332 g/mol. The summed E-state index contributed by atoms with van der Waals surface area (Å²) in [6.45, 7) is 0.932. The number of nitrogens with zero attached hydrogens (tertiary/aromatic N) is 1. The van der Waals surface area contributed by atoms with E-state index in [2.05, 4.69) is 5.32 Å². The molecule has 134 valence electrons. The topological polar surface area (TPSA) is 84.9 Å². The van der Waals surface area contributed by atoms with Crippen LogP contribution >= 0.6 is 0 Å². The predicted octanol–water partition coefficient (Wildman–Crippen LogP) is 0.478. The Morgan fingerprint density at radius 2 is 2.00 bits per heavy atom. The number of benzene rings is 1. The Labute approximate surface area is 143 Å². The lowest BCUT2D eigenvalue weighted by atomic mass is 10.1. The lowest BCUT2D eigenvalue weighted by molar-refractivity contribution is -0.122. The van der Waals surface area contributed by atoms with Gasteiger partial charge in [0.25, 0.3) is 0 Å². The summed E-state index contributed by atoms with van der Waals surface area (Å²) in [6.07, 6.45) is 0.207. The lowest BCUT2D eigenvalue weighted by Gasteiger charge is -2.21. The van der Waals surface area contributed by atoms with Crippen molar-refractivity contribution >= 4 is 15.9 Å². The fourth-order valence-electron chi connectivity index (χ4n) is 2.40. The zero-order valence-electron chi connectivity index (χ0n) is 14.0. The smallest absolute Gasteiger partial charge is 0.223 e. The number of carbonyl (C=O) groups excluding carboxylic acids is 1. The zero-order valence-corrected chi connectivity index (χ0v) is 14.8. The first kappa shape index (κ1) is 18.7. The van der Waals surface area contributed by atoms with Gasteiger partial charge >= 0.3 is 0 Å². The SMILES string of the molecule is CN(C)S(=O)(=O)C[C@@H]1COC[C@@H]1NC(=O)CCOc1ccccc1. The van der Waals surface area contributed by atoms with Crippen LogP contribution in [-0.4, -0.2) is 64.3 Å². The molecule has 0 aromatic heterocycles. The van der Waals surface area contributed by atoms with E-state index < -0.39 is 10.0 Å². The summed E-state index contributed by atoms with van der Waals surface area (Å²) < 4.78 is 36.0. The van der Waals surface area contributed by atoms with Crippen LogP contribution in [0.1, 0.15) is 6.42 Å². The molecule has 1 aliphatic heterocycles. The van der Waals surface area contributed by atoms with Crippen LogP contribution in [0.2, 0.25) is 0 Å². The van der Waals surface area contributed by atoms with Crippen LogP contribution in [0.5, 0.6) is 5.75 Å². The van der Waals surface area contributed by atoms with Crippen molar-refractivity contribution in [3.05, 3.63) is 30.3 Å². The zero-order chi connectivity index (χ0) is 17.6. The highest BCUT2D eigenvalue weighted by molar-refractivity contribution is 7.89. The van der Waals surface area contributed by atoms with E-state index in [1.54, 1.807) is 0 Å². The van der Waals surface area contributed by atoms with Crippen molar-refractivity contribution in [1.82, 2.24) is 9.62 Å². The third-order valence-electron chi connectivity index (χ3n) is 3.87. The van der Waals surface area contributed by atoms with E-state index in [4.69, 9.17) is 9.47 Å². The van der Waals surface area contributed by atoms with Gasteiger partial charge < -0.3 is 14.8 Å². The second kappa shape index (κ2) is 8.46. The number of amides is 1. The Morgan fingerprint density at radius 3 is 2.67 bits per heavy atom. The molecule has 0 saturated carbocycles. The van der Waals surface area contributed by atoms with E-state index in [-0.39, 0.29) is 36.6 Å². The summed E-state index contributed by atoms with van der Waals surface area (Å²) in [5.74, 6) is 0.264. The third-order valence-corrected chi connectivity index (χ3v) is 5.83. The van der Waals surface area contributed by atoms with Crippen molar-refractivity contribution in [1.29, 1.82) is 0 Å². The Balaban J connectivity index is 1.78. The largest absolute Gasteiger partial charge is 0.493 e. The van der Waals surface area contributed by atoms with Gasteiger partial charge in [-0.05, 0) is 12.1 Å². The van der Waals surface area contributed by atoms with Gasteiger partial charge in [-0.1, -0.05) is 18.2 Å². The molecule has 0 aliphatic carbocycles. The number of sulfonamides is 1. The molecule has 1 saturated heterocycles. The van der Waals surface area contributed by atoms with Gasteiger partial charge in [-0.25, -0.2) is 12.7 Å². The van der Waals surface area contributed by atoms with Crippen LogP contribution in [0.15, 0.2) is 30.3 Å². The minimum absolute atomic E-state index is 0.0362. The highest BCUT2D eigenvalue weighted by Crippen LogP contribution is 2.17. The van der Waals surface area contributed by atoms with E-state index in [1.807, 2.05) is 30.3 Å². The summed E-state index contributed by atoms with van der Waals surface area (Å²) in [6, 6.07) is 8.98. The fourth-order valence-corrected chi connectivity index (χ4v) is 3.57. The molecule has 0 unspecified atom stereocenters. The van der Waals surface area contributed by atoms with Gasteiger partial charge in [-0.3, -0.25) is 4.79 Å². The molecular formula is C16H24N2O5S. The van der Waals surface area contributed by atoms with E-state index in [0.29, 0.717) is 19.0 Å². The second-order valence-electron chi connectivity index (χ2n) is 5.94. The summed E-state index contributed by atoms with van der Waals surface area (Å²) in [4.78, 5) is 12.0. The fraction of sp³-hybridized carbons (Fsp3) is 0.562. The van der Waals surface area contributed by atoms with Crippen molar-refractivity contribution in [3.63, 3.8) is 0 Å². The van der Waals surface area contributed by atoms with E-state index in [9.17, 15) is 13.2 Å². The summed E-state index contributed by atoms with van der Waals surface area (Å²) >= 11 is 0. The molecule has 1 fully saturated rings. The molecule has 1 N–H and O–H groups in total. The van der Waals surface area contributed by atoms with Gasteiger partial charge in [0.1, 0.15) is 5.75 Å². The van der Waals surface area contributed by atoms with E-state index in [0.717, 1.165) is 0 Å². The van der Waals surface area contributed by atoms with Crippen molar-refractivity contribution in [2.75, 3.05) is 39.7 Å². The van der Waals surface area contributed by atoms with Gasteiger partial charge in [-0.2, -0.15) is 0 Å². The number of rotatable bonds is 8. The highest BCUT2D eigenvalue weighted by atomic mass is 32.2. The van der Waals surface area contributed by atoms with Crippen molar-refractivity contribution < 1.29 is 22.7 Å². The molecule has 0 radical (unpaired) electrons. The first-order valence-corrected chi connectivity index (χ1v) is 9.44. The Morgan fingerprint density at radius 1 is 1.29 bits per heavy atom. The summed E-state index contributed by atoms with van der Waals surface area (Å²) in [7, 11) is -0.327. The van der Waals surface area contributed by atoms with Crippen molar-refractivity contribution in [2.45, 2.75) is 12.5 Å². The molecule has 0 spiro atoms. The van der Waals surface area contributed by atoms with Crippen LogP contribution < -0.4 is 10.1 Å². The molecule has 1 amide bonds. The molecule has 1 heterocycles. The Kier molecular flexibility index (Phi) is 6.59. The quantitative estimate of drug-likeness (QED) is 0.732. The molecule has 1 aliphatic rings. The number of carbonyl (C=O) groups is 1. The third kappa shape index (κ3) is 5.47. The van der Waals surface area contributed by atoms with Gasteiger partial charge in [0.05, 0.1) is 38.0 Å². The van der Waals surface area contributed by atoms with Crippen molar-refractivity contribution in [2.24, 2.45) is 5.92 Å². The van der Waals surface area contributed by atoms with Crippen LogP contribution in [0.3, 0.4) is 0 Å². The van der Waals surface area contributed by atoms with Gasteiger partial charge in [0.15, 0.2) is 0 Å². The van der Waals surface area contributed by atoms with Crippen LogP contribution in [0.4, 0.5) is 0 Å². The monoisotopic (exact) mass is 356 g/mol. The minimum Gasteiger partial charge on any atom is -0.493 e. The first-order chi connectivity index (χ1) is 11.4. The van der Waals surface area contributed by atoms with Crippen LogP contribution in [0, 0.1) is 5.92 Å². The number of nitrogens with one attached hydrogen (secondary N) is 1. The molecule has 1 aromatic rings. The summed E-state index contributed by atoms with van der Waals surface area (Å²) in [5, 5.41) is 2.85. The number of hydrogen-bond acceptors (Lipinski definition) is 5. The standard InChI is InChI=1S/C16H24N2O5S/c1-18(2)24(20,21)12-13-10-22-11-15(13)17-16(19)8-9-23-14-6-4-3-5-7-14/h3-7,13,15H,8-12H2,1-2H3,(H,17,19)/t13-,15-/m0/s1. The second-order valence-corrected chi connectivity index (χ2v) is 8.17. The number of ether oxygens (including phenoxy) is 2. The van der Waals surface area contributed by atoms with E-state index >= 15 is 0 Å². The Bertz CT molecular complexity index is 633. The first-order valence-electron chi connectivity index (χ1n) is 7.83. The molecule has 8 heteroatoms. The van der Waals surface area contributed by atoms with Crippen LogP contribution in [-0.2, 0) is 19.6 Å². The van der Waals surface area contributed by atoms with Crippen molar-refractivity contribution in [3.8, 4) is 5.75 Å². The lowest BCUT2D eigenvalue weighted by Crippen LogP contribution is -2.43. The number of hydrogen-bond donors (Lipinski definition) is 1. The maximum absolute atomic E-state index is 12.0. The Hall–Kier alpha value is -1.64. The van der Waals surface area contributed by atoms with Gasteiger partial charge in [0.2, 0.25) is 15.9 Å². The number of para-hydroxylation sites is 1. The highest BCUT2D eigenvalue weighted by Gasteiger charge is 2.33. The molecule has 0 bridgehead atoms. The average molecular weight is 356 g/mol. The maximum atomic E-state index is 12.0. The van der Waals surface area contributed by atoms with Crippen LogP contribution in [0.25, 0.3) is 0 Å². The maximum Gasteiger partial charge on any atom is 0.223 e. The predicted molar refractivity (Wildman–Crippen MR) is 90.3 cm³/mol. The molecule has 2 atom stereocenters. The van der Waals surface area contributed by atoms with Gasteiger partial charge in [-0.15, -0.1) is 0 Å². The minimum atomic E-state index is -3.33.